The number of benzene rings is 1. The molecule has 0 bridgehead atoms. The summed E-state index contributed by atoms with van der Waals surface area (Å²) in [6.45, 7) is 2.61. The van der Waals surface area contributed by atoms with Crippen LogP contribution in [0.25, 0.3) is 0 Å². The quantitative estimate of drug-likeness (QED) is 0.873. The van der Waals surface area contributed by atoms with E-state index in [2.05, 4.69) is 22.3 Å². The molecular formula is C18H21N3O2. The maximum absolute atomic E-state index is 13.0. The van der Waals surface area contributed by atoms with Gasteiger partial charge in [0, 0.05) is 12.5 Å². The number of carbonyl (C=O) groups is 1. The van der Waals surface area contributed by atoms with Gasteiger partial charge in [-0.05, 0) is 44.1 Å². The Morgan fingerprint density at radius 3 is 2.83 bits per heavy atom. The molecule has 0 radical (unpaired) electrons. The molecule has 1 aliphatic carbocycles. The van der Waals surface area contributed by atoms with Gasteiger partial charge in [0.15, 0.2) is 5.82 Å². The minimum absolute atomic E-state index is 0.0468. The van der Waals surface area contributed by atoms with Gasteiger partial charge in [0.1, 0.15) is 6.04 Å². The molecule has 2 aliphatic rings. The van der Waals surface area contributed by atoms with Crippen LogP contribution < -0.4 is 0 Å². The van der Waals surface area contributed by atoms with Gasteiger partial charge in [-0.25, -0.2) is 0 Å². The molecule has 5 heteroatoms. The highest BCUT2D eigenvalue weighted by molar-refractivity contribution is 5.83. The molecule has 1 amide bonds. The highest BCUT2D eigenvalue weighted by atomic mass is 16.5. The van der Waals surface area contributed by atoms with E-state index < -0.39 is 0 Å². The molecule has 2 aromatic rings. The maximum atomic E-state index is 13.0. The van der Waals surface area contributed by atoms with Crippen molar-refractivity contribution in [2.75, 3.05) is 6.54 Å². The monoisotopic (exact) mass is 311 g/mol. The Balaban J connectivity index is 1.51. The maximum Gasteiger partial charge on any atom is 0.249 e. The first kappa shape index (κ1) is 14.4. The van der Waals surface area contributed by atoms with Crippen molar-refractivity contribution < 1.29 is 9.32 Å². The van der Waals surface area contributed by atoms with E-state index in [0.29, 0.717) is 17.6 Å². The fraction of sp³-hybridized carbons (Fsp3) is 0.500. The standard InChI is InChI=1S/C18H21N3O2/c1-12-19-17(23-20-12)16-9-5-6-10-21(16)18(22)15-11-14(15)13-7-3-2-4-8-13/h2-4,7-8,14-16H,5-6,9-11H2,1H3. The van der Waals surface area contributed by atoms with Gasteiger partial charge >= 0.3 is 0 Å². The number of aryl methyl sites for hydroxylation is 1. The van der Waals surface area contributed by atoms with Gasteiger partial charge in [-0.1, -0.05) is 35.5 Å². The van der Waals surface area contributed by atoms with Crippen molar-refractivity contribution in [3.63, 3.8) is 0 Å². The topological polar surface area (TPSA) is 59.2 Å². The van der Waals surface area contributed by atoms with Crippen LogP contribution in [0.1, 0.15) is 54.9 Å². The molecule has 1 aliphatic heterocycles. The lowest BCUT2D eigenvalue weighted by Gasteiger charge is -2.33. The molecule has 2 heterocycles. The smallest absolute Gasteiger partial charge is 0.249 e. The van der Waals surface area contributed by atoms with Crippen LogP contribution in [-0.4, -0.2) is 27.5 Å². The largest absolute Gasteiger partial charge is 0.337 e. The number of nitrogens with zero attached hydrogens (tertiary/aromatic N) is 3. The molecule has 1 saturated heterocycles. The minimum atomic E-state index is -0.0468. The van der Waals surface area contributed by atoms with E-state index in [1.165, 1.54) is 5.56 Å². The van der Waals surface area contributed by atoms with Crippen molar-refractivity contribution in [1.82, 2.24) is 15.0 Å². The van der Waals surface area contributed by atoms with Crippen LogP contribution in [0.5, 0.6) is 0 Å². The summed E-state index contributed by atoms with van der Waals surface area (Å²) >= 11 is 0. The molecule has 2 fully saturated rings. The number of aromatic nitrogens is 2. The zero-order valence-electron chi connectivity index (χ0n) is 13.3. The van der Waals surface area contributed by atoms with Gasteiger partial charge in [0.2, 0.25) is 11.8 Å². The average molecular weight is 311 g/mol. The van der Waals surface area contributed by atoms with E-state index in [-0.39, 0.29) is 17.9 Å². The lowest BCUT2D eigenvalue weighted by molar-refractivity contribution is -0.137. The third kappa shape index (κ3) is 2.76. The van der Waals surface area contributed by atoms with Crippen LogP contribution in [0.3, 0.4) is 0 Å². The molecule has 23 heavy (non-hydrogen) atoms. The fourth-order valence-electron chi connectivity index (χ4n) is 3.65. The van der Waals surface area contributed by atoms with Crippen molar-refractivity contribution in [3.05, 3.63) is 47.6 Å². The van der Waals surface area contributed by atoms with Crippen LogP contribution in [0.4, 0.5) is 0 Å². The van der Waals surface area contributed by atoms with Crippen molar-refractivity contribution in [2.45, 2.75) is 44.6 Å². The van der Waals surface area contributed by atoms with Crippen LogP contribution >= 0.6 is 0 Å². The normalized spacial score (nSPS) is 27.0. The summed E-state index contributed by atoms with van der Waals surface area (Å²) in [5.74, 6) is 1.95. The minimum Gasteiger partial charge on any atom is -0.337 e. The Kier molecular flexibility index (Phi) is 3.63. The number of piperidine rings is 1. The van der Waals surface area contributed by atoms with E-state index in [9.17, 15) is 4.79 Å². The molecule has 0 N–H and O–H groups in total. The number of carbonyl (C=O) groups excluding carboxylic acids is 1. The summed E-state index contributed by atoms with van der Waals surface area (Å²) in [5, 5.41) is 3.88. The molecule has 120 valence electrons. The van der Waals surface area contributed by atoms with Gasteiger partial charge in [-0.2, -0.15) is 4.98 Å². The van der Waals surface area contributed by atoms with Crippen molar-refractivity contribution in [1.29, 1.82) is 0 Å². The summed E-state index contributed by atoms with van der Waals surface area (Å²) in [4.78, 5) is 19.3. The van der Waals surface area contributed by atoms with Gasteiger partial charge in [-0.3, -0.25) is 4.79 Å². The first-order valence-corrected chi connectivity index (χ1v) is 8.39. The van der Waals surface area contributed by atoms with Crippen molar-refractivity contribution >= 4 is 5.91 Å². The SMILES string of the molecule is Cc1noc(C2CCCCN2C(=O)C2CC2c2ccccc2)n1. The predicted molar refractivity (Wildman–Crippen MR) is 84.6 cm³/mol. The molecule has 3 unspecified atom stereocenters. The van der Waals surface area contributed by atoms with Gasteiger partial charge in [0.05, 0.1) is 0 Å². The molecule has 1 aromatic heterocycles. The van der Waals surface area contributed by atoms with Crippen molar-refractivity contribution in [3.8, 4) is 0 Å². The van der Waals surface area contributed by atoms with Gasteiger partial charge < -0.3 is 9.42 Å². The summed E-state index contributed by atoms with van der Waals surface area (Å²) in [5.41, 5.74) is 1.27. The van der Waals surface area contributed by atoms with E-state index in [1.807, 2.05) is 30.0 Å². The second-order valence-electron chi connectivity index (χ2n) is 6.58. The van der Waals surface area contributed by atoms with Crippen LogP contribution in [0.15, 0.2) is 34.9 Å². The zero-order valence-corrected chi connectivity index (χ0v) is 13.3. The Hall–Kier alpha value is -2.17. The van der Waals surface area contributed by atoms with E-state index >= 15 is 0 Å². The highest BCUT2D eigenvalue weighted by Gasteiger charge is 2.47. The first-order chi connectivity index (χ1) is 11.2. The third-order valence-corrected chi connectivity index (χ3v) is 4.95. The number of likely N-dealkylation sites (tertiary alicyclic amines) is 1. The predicted octanol–water partition coefficient (Wildman–Crippen LogP) is 3.24. The first-order valence-electron chi connectivity index (χ1n) is 8.39. The number of rotatable bonds is 3. The molecular weight excluding hydrogens is 290 g/mol. The summed E-state index contributed by atoms with van der Waals surface area (Å²) in [6, 6.07) is 10.3. The summed E-state index contributed by atoms with van der Waals surface area (Å²) < 4.78 is 5.34. The summed E-state index contributed by atoms with van der Waals surface area (Å²) in [6.07, 6.45) is 4.02. The van der Waals surface area contributed by atoms with Crippen LogP contribution in [0, 0.1) is 12.8 Å². The molecule has 5 nitrogen and oxygen atoms in total. The van der Waals surface area contributed by atoms with E-state index in [4.69, 9.17) is 4.52 Å². The molecule has 4 rings (SSSR count). The fourth-order valence-corrected chi connectivity index (χ4v) is 3.65. The Morgan fingerprint density at radius 2 is 2.09 bits per heavy atom. The zero-order chi connectivity index (χ0) is 15.8. The van der Waals surface area contributed by atoms with Crippen LogP contribution in [-0.2, 0) is 4.79 Å². The second-order valence-corrected chi connectivity index (χ2v) is 6.58. The lowest BCUT2D eigenvalue weighted by atomic mass is 10.0. The third-order valence-electron chi connectivity index (χ3n) is 4.95. The second kappa shape index (κ2) is 5.80. The number of hydrogen-bond acceptors (Lipinski definition) is 4. The van der Waals surface area contributed by atoms with E-state index in [0.717, 1.165) is 32.2 Å². The molecule has 3 atom stereocenters. The van der Waals surface area contributed by atoms with E-state index in [1.54, 1.807) is 0 Å². The van der Waals surface area contributed by atoms with Crippen LogP contribution in [0.2, 0.25) is 0 Å². The number of amides is 1. The average Bonchev–Trinajstić information content (AvgIpc) is 3.29. The van der Waals surface area contributed by atoms with Crippen molar-refractivity contribution in [2.24, 2.45) is 5.92 Å². The lowest BCUT2D eigenvalue weighted by Crippen LogP contribution is -2.39. The molecule has 0 spiro atoms. The Morgan fingerprint density at radius 1 is 1.26 bits per heavy atom. The van der Waals surface area contributed by atoms with Gasteiger partial charge in [0.25, 0.3) is 0 Å². The molecule has 1 aromatic carbocycles. The highest BCUT2D eigenvalue weighted by Crippen LogP contribution is 2.49. The summed E-state index contributed by atoms with van der Waals surface area (Å²) in [7, 11) is 0. The Bertz CT molecular complexity index is 697. The number of hydrogen-bond donors (Lipinski definition) is 0. The molecule has 1 saturated carbocycles. The Labute approximate surface area is 135 Å². The van der Waals surface area contributed by atoms with Gasteiger partial charge in [-0.15, -0.1) is 0 Å².